The summed E-state index contributed by atoms with van der Waals surface area (Å²) in [6.07, 6.45) is 0. The number of allylic oxidation sites excluding steroid dienone is 1. The van der Waals surface area contributed by atoms with Crippen molar-refractivity contribution in [3.05, 3.63) is 41.2 Å². The number of carbonyl (C=O) groups excluding carboxylic acids is 2. The lowest BCUT2D eigenvalue weighted by molar-refractivity contribution is -0.147. The zero-order valence-electron chi connectivity index (χ0n) is 19.1. The van der Waals surface area contributed by atoms with Crippen LogP contribution in [0.2, 0.25) is 39.3 Å². The molecule has 0 aliphatic carbocycles. The van der Waals surface area contributed by atoms with Crippen LogP contribution in [0.5, 0.6) is 0 Å². The highest BCUT2D eigenvalue weighted by molar-refractivity contribution is 8.32. The van der Waals surface area contributed by atoms with Gasteiger partial charge in [0.2, 0.25) is 0 Å². The normalized spacial score (nSPS) is 19.9. The van der Waals surface area contributed by atoms with Gasteiger partial charge >= 0.3 is 5.97 Å². The molecule has 0 radical (unpaired) electrons. The quantitative estimate of drug-likeness (QED) is 0.241. The van der Waals surface area contributed by atoms with E-state index in [-0.39, 0.29) is 10.9 Å². The molecule has 1 aliphatic heterocycles. The highest BCUT2D eigenvalue weighted by atomic mass is 31.5. The minimum atomic E-state index is -2.19. The van der Waals surface area contributed by atoms with Crippen LogP contribution in [0.25, 0.3) is 5.20 Å². The maximum atomic E-state index is 13.5. The third-order valence-corrected chi connectivity index (χ3v) is 62.2. The summed E-state index contributed by atoms with van der Waals surface area (Å²) in [5.41, 5.74) is 0.898. The van der Waals surface area contributed by atoms with Crippen molar-refractivity contribution in [3.8, 4) is 0 Å². The highest BCUT2D eigenvalue weighted by Gasteiger charge is 2.72. The van der Waals surface area contributed by atoms with Gasteiger partial charge in [-0.2, -0.15) is 0 Å². The van der Waals surface area contributed by atoms with E-state index in [1.54, 1.807) is 0 Å². The lowest BCUT2D eigenvalue weighted by Gasteiger charge is -2.64. The first-order valence-electron chi connectivity index (χ1n) is 9.85. The van der Waals surface area contributed by atoms with E-state index in [1.165, 1.54) is 23.2 Å². The summed E-state index contributed by atoms with van der Waals surface area (Å²) in [5, 5.41) is 2.75. The van der Waals surface area contributed by atoms with Gasteiger partial charge < -0.3 is 4.74 Å². The summed E-state index contributed by atoms with van der Waals surface area (Å²) >= 11 is 0. The van der Waals surface area contributed by atoms with E-state index in [4.69, 9.17) is 4.74 Å². The zero-order valence-corrected chi connectivity index (χ0v) is 23.0. The Morgan fingerprint density at radius 2 is 1.39 bits per heavy atom. The summed E-state index contributed by atoms with van der Waals surface area (Å²) in [6.45, 7) is 19.0. The summed E-state index contributed by atoms with van der Waals surface area (Å²) in [4.78, 5) is 26.0. The lowest BCUT2D eigenvalue weighted by Crippen LogP contribution is -2.75. The third-order valence-electron chi connectivity index (χ3n) is 5.66. The number of esters is 1. The molecule has 0 saturated heterocycles. The molecule has 154 valence electrons. The number of hydrogen-bond donors (Lipinski definition) is 0. The maximum Gasteiger partial charge on any atom is 0.378 e. The first-order valence-corrected chi connectivity index (χ1v) is 23.0. The second-order valence-corrected chi connectivity index (χ2v) is 44.0. The van der Waals surface area contributed by atoms with Crippen LogP contribution >= 0.6 is 7.47 Å². The van der Waals surface area contributed by atoms with Gasteiger partial charge in [-0.05, 0) is 29.0 Å². The minimum Gasteiger partial charge on any atom is -0.463 e. The summed E-state index contributed by atoms with van der Waals surface area (Å²) in [7, 11) is -3.32. The Labute approximate surface area is 174 Å². The summed E-state index contributed by atoms with van der Waals surface area (Å²) < 4.78 is 4.95. The van der Waals surface area contributed by atoms with Crippen molar-refractivity contribution in [1.29, 1.82) is 0 Å². The SMILES string of the molecule is COC(=O)C(=O)P1C(C(C)(C)C)=C(c2ccccc2)[Si]1([Si](C)(C)C)[Si](C)(C)C. The fraction of sp³-hybridized carbons (Fsp3) is 0.524. The monoisotopic (exact) mass is 450 g/mol. The molecular formula is C21H35O3PSi3. The fourth-order valence-electron chi connectivity index (χ4n) is 5.15. The molecule has 0 spiro atoms. The Kier molecular flexibility index (Phi) is 6.25. The van der Waals surface area contributed by atoms with Gasteiger partial charge in [-0.3, -0.25) is 4.79 Å². The predicted molar refractivity (Wildman–Crippen MR) is 129 cm³/mol. The van der Waals surface area contributed by atoms with Crippen molar-refractivity contribution in [2.24, 2.45) is 5.41 Å². The molecule has 0 saturated carbocycles. The predicted octanol–water partition coefficient (Wildman–Crippen LogP) is 5.96. The molecule has 1 aliphatic rings. The molecule has 1 heterocycles. The number of ether oxygens (including phenoxy) is 1. The number of carbonyl (C=O) groups is 2. The molecule has 0 fully saturated rings. The first kappa shape index (κ1) is 23.5. The number of methoxy groups -OCH3 is 1. The van der Waals surface area contributed by atoms with Crippen LogP contribution in [0.1, 0.15) is 26.3 Å². The van der Waals surface area contributed by atoms with Gasteiger partial charge in [0.05, 0.1) is 7.11 Å². The highest BCUT2D eigenvalue weighted by Crippen LogP contribution is 2.78. The number of benzene rings is 1. The van der Waals surface area contributed by atoms with Gasteiger partial charge in [0.25, 0.3) is 5.52 Å². The Bertz CT molecular complexity index is 798. The molecular weight excluding hydrogens is 415 g/mol. The van der Waals surface area contributed by atoms with Gasteiger partial charge in [-0.1, -0.05) is 90.4 Å². The van der Waals surface area contributed by atoms with Crippen LogP contribution in [-0.4, -0.2) is 40.6 Å². The Balaban J connectivity index is 3.01. The van der Waals surface area contributed by atoms with Crippen LogP contribution in [0, 0.1) is 5.41 Å². The van der Waals surface area contributed by atoms with Crippen LogP contribution in [0.3, 0.4) is 0 Å². The van der Waals surface area contributed by atoms with Gasteiger partial charge in [-0.25, -0.2) is 4.79 Å². The summed E-state index contributed by atoms with van der Waals surface area (Å²) in [6, 6.07) is 10.7. The molecule has 7 heteroatoms. The molecule has 1 aromatic carbocycles. The van der Waals surface area contributed by atoms with Crippen molar-refractivity contribution >= 4 is 46.1 Å². The van der Waals surface area contributed by atoms with Crippen LogP contribution in [0.15, 0.2) is 35.6 Å². The first-order chi connectivity index (χ1) is 12.6. The molecule has 28 heavy (non-hydrogen) atoms. The van der Waals surface area contributed by atoms with E-state index in [9.17, 15) is 9.59 Å². The van der Waals surface area contributed by atoms with E-state index in [0.29, 0.717) is 0 Å². The molecule has 1 aromatic rings. The molecule has 1 unspecified atom stereocenters. The molecule has 0 N–H and O–H groups in total. The van der Waals surface area contributed by atoms with Crippen molar-refractivity contribution in [2.75, 3.05) is 7.11 Å². The average molecular weight is 451 g/mol. The van der Waals surface area contributed by atoms with E-state index >= 15 is 0 Å². The second-order valence-electron chi connectivity index (χ2n) is 10.7. The maximum absolute atomic E-state index is 13.5. The molecule has 0 bridgehead atoms. The molecule has 1 atom stereocenters. The van der Waals surface area contributed by atoms with Gasteiger partial charge in [-0.15, -0.1) is 0 Å². The van der Waals surface area contributed by atoms with Crippen molar-refractivity contribution in [3.63, 3.8) is 0 Å². The zero-order chi connectivity index (χ0) is 21.7. The van der Waals surface area contributed by atoms with Crippen molar-refractivity contribution in [2.45, 2.75) is 60.1 Å². The average Bonchev–Trinajstić information content (AvgIpc) is 2.50. The number of hydrogen-bond acceptors (Lipinski definition) is 3. The smallest absolute Gasteiger partial charge is 0.378 e. The van der Waals surface area contributed by atoms with Gasteiger partial charge in [0.15, 0.2) is 0 Å². The Morgan fingerprint density at radius 1 is 0.929 bits per heavy atom. The molecule has 0 amide bonds. The molecule has 3 nitrogen and oxygen atoms in total. The second kappa shape index (κ2) is 7.46. The summed E-state index contributed by atoms with van der Waals surface area (Å²) in [5.74, 6) is -0.645. The topological polar surface area (TPSA) is 43.4 Å². The third kappa shape index (κ3) is 3.47. The van der Waals surface area contributed by atoms with E-state index in [2.05, 4.69) is 84.3 Å². The molecule has 0 aromatic heterocycles. The van der Waals surface area contributed by atoms with Crippen LogP contribution in [0.4, 0.5) is 0 Å². The fourth-order valence-corrected chi connectivity index (χ4v) is 72.6. The van der Waals surface area contributed by atoms with Crippen LogP contribution in [-0.2, 0) is 14.3 Å². The number of rotatable bonds is 5. The Hall–Kier alpha value is -0.819. The lowest BCUT2D eigenvalue weighted by atomic mass is 9.94. The van der Waals surface area contributed by atoms with E-state index < -0.39 is 35.4 Å². The minimum absolute atomic E-state index is 0.143. The van der Waals surface area contributed by atoms with E-state index in [0.717, 1.165) is 0 Å². The molecule has 2 rings (SSSR count). The van der Waals surface area contributed by atoms with Crippen molar-refractivity contribution in [1.82, 2.24) is 0 Å². The standard InChI is InChI=1S/C21H35O3PSi3/c1-21(2,3)18-17(16-14-12-11-13-15-16)28(26(5,6)7,27(8,9)10)25(18)20(23)19(22)24-4/h11-15H,1-10H3. The Morgan fingerprint density at radius 3 is 1.75 bits per heavy atom. The van der Waals surface area contributed by atoms with Gasteiger partial charge in [0.1, 0.15) is 6.78 Å². The van der Waals surface area contributed by atoms with Crippen molar-refractivity contribution < 1.29 is 14.3 Å². The van der Waals surface area contributed by atoms with Gasteiger partial charge in [0, 0.05) is 15.2 Å². The van der Waals surface area contributed by atoms with Crippen LogP contribution < -0.4 is 0 Å². The largest absolute Gasteiger partial charge is 0.463 e. The van der Waals surface area contributed by atoms with E-state index in [1.807, 2.05) is 6.07 Å².